The van der Waals surface area contributed by atoms with Crippen LogP contribution in [0.25, 0.3) is 0 Å². The van der Waals surface area contributed by atoms with E-state index in [-0.39, 0.29) is 18.1 Å². The summed E-state index contributed by atoms with van der Waals surface area (Å²) in [7, 11) is 0. The van der Waals surface area contributed by atoms with E-state index in [4.69, 9.17) is 16.3 Å². The Hall–Kier alpha value is -0.580. The van der Waals surface area contributed by atoms with Crippen LogP contribution in [0.1, 0.15) is 52.5 Å². The van der Waals surface area contributed by atoms with E-state index in [2.05, 4.69) is 5.10 Å². The molecular weight excluding hydrogens is 252 g/mol. The molecule has 0 bridgehead atoms. The topological polar surface area (TPSA) is 47.3 Å². The standard InChI is InChI=1S/C13H23ClN2O2/c1-6-18-13(8(2)3)12(17)11-10(14)7-15-16(11)9(4)5/h7-9,12-13,17H,6H2,1-5H3. The minimum Gasteiger partial charge on any atom is -0.384 e. The summed E-state index contributed by atoms with van der Waals surface area (Å²) in [5, 5.41) is 15.2. The van der Waals surface area contributed by atoms with Crippen LogP contribution in [0, 0.1) is 5.92 Å². The zero-order valence-corrected chi connectivity index (χ0v) is 12.5. The van der Waals surface area contributed by atoms with Gasteiger partial charge in [0.05, 0.1) is 23.0 Å². The molecule has 5 heteroatoms. The fraction of sp³-hybridized carbons (Fsp3) is 0.769. The van der Waals surface area contributed by atoms with Crippen LogP contribution >= 0.6 is 11.6 Å². The van der Waals surface area contributed by atoms with E-state index in [0.29, 0.717) is 17.3 Å². The molecule has 18 heavy (non-hydrogen) atoms. The van der Waals surface area contributed by atoms with Gasteiger partial charge >= 0.3 is 0 Å². The van der Waals surface area contributed by atoms with Crippen LogP contribution in [-0.4, -0.2) is 27.6 Å². The van der Waals surface area contributed by atoms with Gasteiger partial charge in [-0.1, -0.05) is 25.4 Å². The lowest BCUT2D eigenvalue weighted by Gasteiger charge is -2.27. The third-order valence-electron chi connectivity index (χ3n) is 2.88. The minimum absolute atomic E-state index is 0.150. The second-order valence-electron chi connectivity index (χ2n) is 5.02. The molecule has 104 valence electrons. The molecule has 0 saturated carbocycles. The Balaban J connectivity index is 3.07. The molecule has 0 fully saturated rings. The molecule has 0 radical (unpaired) electrons. The van der Waals surface area contributed by atoms with Crippen molar-refractivity contribution in [1.82, 2.24) is 9.78 Å². The molecule has 1 aromatic rings. The van der Waals surface area contributed by atoms with Gasteiger partial charge in [-0.15, -0.1) is 0 Å². The van der Waals surface area contributed by atoms with E-state index >= 15 is 0 Å². The number of hydrogen-bond acceptors (Lipinski definition) is 3. The Bertz CT molecular complexity index is 377. The van der Waals surface area contributed by atoms with Crippen LogP contribution in [-0.2, 0) is 4.74 Å². The summed E-state index contributed by atoms with van der Waals surface area (Å²) in [5.74, 6) is 0.200. The van der Waals surface area contributed by atoms with Crippen LogP contribution in [0.2, 0.25) is 5.02 Å². The summed E-state index contributed by atoms with van der Waals surface area (Å²) in [6.07, 6.45) is 0.535. The average Bonchev–Trinajstić information content (AvgIpc) is 2.66. The zero-order chi connectivity index (χ0) is 13.9. The summed E-state index contributed by atoms with van der Waals surface area (Å²) in [5.41, 5.74) is 0.638. The first-order valence-corrected chi connectivity index (χ1v) is 6.80. The van der Waals surface area contributed by atoms with E-state index < -0.39 is 6.10 Å². The van der Waals surface area contributed by atoms with Crippen LogP contribution in [0.5, 0.6) is 0 Å². The maximum atomic E-state index is 10.5. The number of nitrogens with zero attached hydrogens (tertiary/aromatic N) is 2. The maximum Gasteiger partial charge on any atom is 0.123 e. The molecule has 1 heterocycles. The van der Waals surface area contributed by atoms with Crippen molar-refractivity contribution < 1.29 is 9.84 Å². The van der Waals surface area contributed by atoms with Gasteiger partial charge in [-0.05, 0) is 26.7 Å². The number of hydrogen-bond donors (Lipinski definition) is 1. The Labute approximate surface area is 114 Å². The first-order chi connectivity index (χ1) is 8.40. The minimum atomic E-state index is -0.762. The van der Waals surface area contributed by atoms with Crippen molar-refractivity contribution in [2.24, 2.45) is 5.92 Å². The second kappa shape index (κ2) is 6.55. The van der Waals surface area contributed by atoms with E-state index in [1.165, 1.54) is 0 Å². The molecular formula is C13H23ClN2O2. The lowest BCUT2D eigenvalue weighted by atomic mass is 9.99. The Kier molecular flexibility index (Phi) is 5.63. The zero-order valence-electron chi connectivity index (χ0n) is 11.7. The maximum absolute atomic E-state index is 10.5. The van der Waals surface area contributed by atoms with Gasteiger partial charge in [0.15, 0.2) is 0 Å². The van der Waals surface area contributed by atoms with Gasteiger partial charge in [0.25, 0.3) is 0 Å². The van der Waals surface area contributed by atoms with Gasteiger partial charge in [0, 0.05) is 12.6 Å². The number of rotatable bonds is 6. The fourth-order valence-corrected chi connectivity index (χ4v) is 2.28. The van der Waals surface area contributed by atoms with Crippen molar-refractivity contribution in [3.8, 4) is 0 Å². The molecule has 0 aliphatic rings. The van der Waals surface area contributed by atoms with E-state index in [0.717, 1.165) is 0 Å². The highest BCUT2D eigenvalue weighted by molar-refractivity contribution is 6.31. The molecule has 1 N–H and O–H groups in total. The van der Waals surface area contributed by atoms with Crippen LogP contribution in [0.15, 0.2) is 6.20 Å². The van der Waals surface area contributed by atoms with Gasteiger partial charge in [0.1, 0.15) is 6.10 Å². The fourth-order valence-electron chi connectivity index (χ4n) is 2.04. The molecule has 1 aromatic heterocycles. The van der Waals surface area contributed by atoms with Crippen molar-refractivity contribution in [2.75, 3.05) is 6.61 Å². The van der Waals surface area contributed by atoms with E-state index in [9.17, 15) is 5.11 Å². The summed E-state index contributed by atoms with van der Waals surface area (Å²) in [6.45, 7) is 10.5. The van der Waals surface area contributed by atoms with Gasteiger partial charge in [-0.2, -0.15) is 5.10 Å². The van der Waals surface area contributed by atoms with Crippen LogP contribution in [0.3, 0.4) is 0 Å². The number of ether oxygens (including phenoxy) is 1. The third-order valence-corrected chi connectivity index (χ3v) is 3.17. The largest absolute Gasteiger partial charge is 0.384 e. The smallest absolute Gasteiger partial charge is 0.123 e. The summed E-state index contributed by atoms with van der Waals surface area (Å²) < 4.78 is 7.38. The Morgan fingerprint density at radius 1 is 1.39 bits per heavy atom. The monoisotopic (exact) mass is 274 g/mol. The highest BCUT2D eigenvalue weighted by Crippen LogP contribution is 2.31. The van der Waals surface area contributed by atoms with E-state index in [1.54, 1.807) is 10.9 Å². The lowest BCUT2D eigenvalue weighted by Crippen LogP contribution is -2.30. The summed E-state index contributed by atoms with van der Waals surface area (Å²) in [6, 6.07) is 0.150. The number of aliphatic hydroxyl groups is 1. The van der Waals surface area contributed by atoms with Crippen molar-refractivity contribution in [2.45, 2.75) is 52.9 Å². The van der Waals surface area contributed by atoms with Crippen LogP contribution < -0.4 is 0 Å². The molecule has 0 aliphatic heterocycles. The molecule has 0 saturated heterocycles. The highest BCUT2D eigenvalue weighted by atomic mass is 35.5. The first kappa shape index (κ1) is 15.5. The van der Waals surface area contributed by atoms with Crippen molar-refractivity contribution in [1.29, 1.82) is 0 Å². The molecule has 4 nitrogen and oxygen atoms in total. The van der Waals surface area contributed by atoms with Gasteiger partial charge in [-0.25, -0.2) is 0 Å². The van der Waals surface area contributed by atoms with Gasteiger partial charge in [0.2, 0.25) is 0 Å². The quantitative estimate of drug-likeness (QED) is 0.866. The van der Waals surface area contributed by atoms with Crippen molar-refractivity contribution in [3.63, 3.8) is 0 Å². The SMILES string of the molecule is CCOC(C(C)C)C(O)c1c(Cl)cnn1C(C)C. The number of aliphatic hydroxyl groups excluding tert-OH is 1. The predicted octanol–water partition coefficient (Wildman–Crippen LogP) is 3.21. The second-order valence-corrected chi connectivity index (χ2v) is 5.43. The lowest BCUT2D eigenvalue weighted by molar-refractivity contribution is -0.0620. The molecule has 0 spiro atoms. The third kappa shape index (κ3) is 3.25. The molecule has 0 aromatic carbocycles. The first-order valence-electron chi connectivity index (χ1n) is 6.42. The van der Waals surface area contributed by atoms with Crippen molar-refractivity contribution >= 4 is 11.6 Å². The molecule has 0 aliphatic carbocycles. The van der Waals surface area contributed by atoms with E-state index in [1.807, 2.05) is 34.6 Å². The molecule has 1 rings (SSSR count). The molecule has 2 unspecified atom stereocenters. The average molecular weight is 275 g/mol. The highest BCUT2D eigenvalue weighted by Gasteiger charge is 2.30. The Morgan fingerprint density at radius 2 is 2.00 bits per heavy atom. The summed E-state index contributed by atoms with van der Waals surface area (Å²) >= 11 is 6.13. The van der Waals surface area contributed by atoms with Crippen molar-refractivity contribution in [3.05, 3.63) is 16.9 Å². The molecule has 0 amide bonds. The molecule has 2 atom stereocenters. The number of aromatic nitrogens is 2. The predicted molar refractivity (Wildman–Crippen MR) is 72.8 cm³/mol. The van der Waals surface area contributed by atoms with Gasteiger partial charge in [-0.3, -0.25) is 4.68 Å². The van der Waals surface area contributed by atoms with Gasteiger partial charge < -0.3 is 9.84 Å². The number of halogens is 1. The summed E-state index contributed by atoms with van der Waals surface area (Å²) in [4.78, 5) is 0. The Morgan fingerprint density at radius 3 is 2.44 bits per heavy atom. The normalized spacial score (nSPS) is 15.4. The van der Waals surface area contributed by atoms with Crippen LogP contribution in [0.4, 0.5) is 0 Å².